The molecule has 2 aromatic rings. The summed E-state index contributed by atoms with van der Waals surface area (Å²) in [6.07, 6.45) is 6.26. The molecule has 0 bridgehead atoms. The SMILES string of the molecule is C[C@H](Nc1cc(-c2cnc(NC(=O)C3CC3)cn2)cnc1C#N)C(=O)N1CCOC[C@@H]1C#N. The van der Waals surface area contributed by atoms with Crippen LogP contribution in [-0.2, 0) is 14.3 Å². The maximum Gasteiger partial charge on any atom is 0.246 e. The van der Waals surface area contributed by atoms with Gasteiger partial charge in [-0.25, -0.2) is 9.97 Å². The van der Waals surface area contributed by atoms with E-state index < -0.39 is 12.1 Å². The number of pyridine rings is 1. The Morgan fingerprint density at radius 2 is 2.03 bits per heavy atom. The molecule has 11 nitrogen and oxygen atoms in total. The molecule has 0 aromatic carbocycles. The van der Waals surface area contributed by atoms with Gasteiger partial charge in [-0.15, -0.1) is 0 Å². The lowest BCUT2D eigenvalue weighted by molar-refractivity contribution is -0.138. The van der Waals surface area contributed by atoms with Crippen LogP contribution < -0.4 is 10.6 Å². The third-order valence-corrected chi connectivity index (χ3v) is 5.44. The van der Waals surface area contributed by atoms with Crippen molar-refractivity contribution in [1.29, 1.82) is 10.5 Å². The molecule has 0 unspecified atom stereocenters. The van der Waals surface area contributed by atoms with Gasteiger partial charge >= 0.3 is 0 Å². The fraction of sp³-hybridized carbons (Fsp3) is 0.409. The second kappa shape index (κ2) is 9.59. The van der Waals surface area contributed by atoms with Crippen molar-refractivity contribution in [1.82, 2.24) is 19.9 Å². The van der Waals surface area contributed by atoms with Crippen molar-refractivity contribution in [3.05, 3.63) is 30.4 Å². The fourth-order valence-corrected chi connectivity index (χ4v) is 3.44. The van der Waals surface area contributed by atoms with E-state index in [1.165, 1.54) is 23.5 Å². The molecule has 2 atom stereocenters. The topological polar surface area (TPSA) is 157 Å². The first-order valence-electron chi connectivity index (χ1n) is 10.6. The van der Waals surface area contributed by atoms with Gasteiger partial charge in [0.1, 0.15) is 18.2 Å². The molecule has 2 aliphatic rings. The van der Waals surface area contributed by atoms with Gasteiger partial charge in [0.05, 0.1) is 43.1 Å². The summed E-state index contributed by atoms with van der Waals surface area (Å²) >= 11 is 0. The number of morpholine rings is 1. The van der Waals surface area contributed by atoms with Crippen molar-refractivity contribution >= 4 is 23.3 Å². The van der Waals surface area contributed by atoms with Gasteiger partial charge in [-0.1, -0.05) is 0 Å². The number of aromatic nitrogens is 3. The van der Waals surface area contributed by atoms with Gasteiger partial charge in [0.2, 0.25) is 11.8 Å². The molecule has 2 amide bonds. The van der Waals surface area contributed by atoms with Crippen LogP contribution in [0, 0.1) is 28.6 Å². The van der Waals surface area contributed by atoms with E-state index in [1.54, 1.807) is 13.0 Å². The summed E-state index contributed by atoms with van der Waals surface area (Å²) in [7, 11) is 0. The number of rotatable bonds is 6. The lowest BCUT2D eigenvalue weighted by Crippen LogP contribution is -2.52. The van der Waals surface area contributed by atoms with Gasteiger partial charge in [-0.3, -0.25) is 14.6 Å². The van der Waals surface area contributed by atoms with E-state index in [4.69, 9.17) is 4.74 Å². The minimum atomic E-state index is -0.700. The zero-order valence-corrected chi connectivity index (χ0v) is 18.0. The normalized spacial score (nSPS) is 18.5. The zero-order chi connectivity index (χ0) is 23.4. The third kappa shape index (κ3) is 5.05. The van der Waals surface area contributed by atoms with Gasteiger partial charge in [-0.05, 0) is 25.8 Å². The molecule has 33 heavy (non-hydrogen) atoms. The lowest BCUT2D eigenvalue weighted by atomic mass is 10.1. The van der Waals surface area contributed by atoms with Crippen LogP contribution in [0.4, 0.5) is 11.5 Å². The van der Waals surface area contributed by atoms with Crippen LogP contribution in [0.1, 0.15) is 25.5 Å². The van der Waals surface area contributed by atoms with Crippen molar-refractivity contribution in [2.45, 2.75) is 31.8 Å². The Bertz CT molecular complexity index is 1130. The summed E-state index contributed by atoms with van der Waals surface area (Å²) in [5.41, 5.74) is 1.57. The van der Waals surface area contributed by atoms with Gasteiger partial charge < -0.3 is 20.3 Å². The van der Waals surface area contributed by atoms with E-state index in [0.29, 0.717) is 35.9 Å². The predicted molar refractivity (Wildman–Crippen MR) is 116 cm³/mol. The number of carbonyl (C=O) groups excluding carboxylic acids is 2. The first-order valence-corrected chi connectivity index (χ1v) is 10.6. The van der Waals surface area contributed by atoms with Crippen LogP contribution in [0.2, 0.25) is 0 Å². The Balaban J connectivity index is 1.49. The third-order valence-electron chi connectivity index (χ3n) is 5.44. The largest absolute Gasteiger partial charge is 0.376 e. The first-order chi connectivity index (χ1) is 16.0. The molecule has 0 spiro atoms. The van der Waals surface area contributed by atoms with Crippen molar-refractivity contribution in [2.75, 3.05) is 30.4 Å². The van der Waals surface area contributed by atoms with Crippen LogP contribution in [-0.4, -0.2) is 63.5 Å². The monoisotopic (exact) mass is 446 g/mol. The Hall–Kier alpha value is -4.09. The highest BCUT2D eigenvalue weighted by Crippen LogP contribution is 2.30. The maximum atomic E-state index is 12.9. The van der Waals surface area contributed by atoms with Crippen molar-refractivity contribution in [3.63, 3.8) is 0 Å². The molecular weight excluding hydrogens is 424 g/mol. The van der Waals surface area contributed by atoms with E-state index in [1.807, 2.05) is 6.07 Å². The number of hydrogen-bond acceptors (Lipinski definition) is 9. The Kier molecular flexibility index (Phi) is 6.43. The van der Waals surface area contributed by atoms with E-state index in [9.17, 15) is 20.1 Å². The summed E-state index contributed by atoms with van der Waals surface area (Å²) in [6, 6.07) is 4.41. The number of nitrogens with one attached hydrogen (secondary N) is 2. The summed E-state index contributed by atoms with van der Waals surface area (Å²) < 4.78 is 5.27. The molecular formula is C22H22N8O3. The quantitative estimate of drug-likeness (QED) is 0.667. The summed E-state index contributed by atoms with van der Waals surface area (Å²) in [4.78, 5) is 39.0. The van der Waals surface area contributed by atoms with Crippen molar-refractivity contribution in [2.24, 2.45) is 5.92 Å². The summed E-state index contributed by atoms with van der Waals surface area (Å²) in [5, 5.41) is 24.5. The summed E-state index contributed by atoms with van der Waals surface area (Å²) in [6.45, 7) is 2.53. The van der Waals surface area contributed by atoms with E-state index in [2.05, 4.69) is 31.7 Å². The fourth-order valence-electron chi connectivity index (χ4n) is 3.44. The molecule has 2 aromatic heterocycles. The van der Waals surface area contributed by atoms with Crippen LogP contribution in [0.5, 0.6) is 0 Å². The highest BCUT2D eigenvalue weighted by molar-refractivity contribution is 5.93. The predicted octanol–water partition coefficient (Wildman–Crippen LogP) is 1.31. The van der Waals surface area contributed by atoms with Gasteiger partial charge in [0.25, 0.3) is 0 Å². The molecule has 2 N–H and O–H groups in total. The second-order valence-corrected chi connectivity index (χ2v) is 7.90. The molecule has 0 radical (unpaired) electrons. The van der Waals surface area contributed by atoms with E-state index in [0.717, 1.165) is 12.8 Å². The highest BCUT2D eigenvalue weighted by Gasteiger charge is 2.31. The number of ether oxygens (including phenoxy) is 1. The Morgan fingerprint density at radius 1 is 1.21 bits per heavy atom. The minimum Gasteiger partial charge on any atom is -0.376 e. The van der Waals surface area contributed by atoms with Crippen LogP contribution in [0.15, 0.2) is 24.7 Å². The molecule has 1 saturated carbocycles. The van der Waals surface area contributed by atoms with Crippen LogP contribution in [0.25, 0.3) is 11.3 Å². The van der Waals surface area contributed by atoms with E-state index >= 15 is 0 Å². The van der Waals surface area contributed by atoms with Crippen LogP contribution >= 0.6 is 0 Å². The standard InChI is InChI=1S/C22H22N8O3/c1-13(22(32)30-4-5-33-12-16(30)7-23)28-17-6-15(9-25-18(17)8-24)19-10-27-20(11-26-19)29-21(31)14-2-3-14/h6,9-11,13-14,16,28H,2-5,12H2,1H3,(H,27,29,31)/t13-,16-/m0/s1. The average molecular weight is 446 g/mol. The van der Waals surface area contributed by atoms with E-state index in [-0.39, 0.29) is 30.0 Å². The molecule has 168 valence electrons. The number of anilines is 2. The van der Waals surface area contributed by atoms with Gasteiger partial charge in [-0.2, -0.15) is 10.5 Å². The number of carbonyl (C=O) groups is 2. The minimum absolute atomic E-state index is 0.0545. The Morgan fingerprint density at radius 3 is 2.70 bits per heavy atom. The second-order valence-electron chi connectivity index (χ2n) is 7.90. The number of hydrogen-bond donors (Lipinski definition) is 2. The first kappa shape index (κ1) is 22.1. The average Bonchev–Trinajstić information content (AvgIpc) is 3.70. The molecule has 1 aliphatic heterocycles. The smallest absolute Gasteiger partial charge is 0.246 e. The van der Waals surface area contributed by atoms with Gasteiger partial charge in [0.15, 0.2) is 11.5 Å². The highest BCUT2D eigenvalue weighted by atomic mass is 16.5. The lowest BCUT2D eigenvalue weighted by Gasteiger charge is -2.33. The van der Waals surface area contributed by atoms with Gasteiger partial charge in [0, 0.05) is 24.2 Å². The Labute approximate surface area is 190 Å². The number of nitrogens with zero attached hydrogens (tertiary/aromatic N) is 6. The number of amides is 2. The summed E-state index contributed by atoms with van der Waals surface area (Å²) in [5.74, 6) is 0.108. The number of nitriles is 2. The molecule has 2 fully saturated rings. The maximum absolute atomic E-state index is 12.9. The molecule has 3 heterocycles. The van der Waals surface area contributed by atoms with Crippen molar-refractivity contribution in [3.8, 4) is 23.4 Å². The molecule has 1 aliphatic carbocycles. The zero-order valence-electron chi connectivity index (χ0n) is 18.0. The molecule has 4 rings (SSSR count). The molecule has 11 heteroatoms. The molecule has 1 saturated heterocycles. The van der Waals surface area contributed by atoms with Crippen LogP contribution in [0.3, 0.4) is 0 Å². The van der Waals surface area contributed by atoms with Crippen molar-refractivity contribution < 1.29 is 14.3 Å².